The average Bonchev–Trinajstić information content (AvgIpc) is 2.74. The zero-order chi connectivity index (χ0) is 21.3. The first-order chi connectivity index (χ1) is 14.3. The van der Waals surface area contributed by atoms with E-state index in [0.717, 1.165) is 0 Å². The van der Waals surface area contributed by atoms with Crippen molar-refractivity contribution in [1.29, 1.82) is 0 Å². The molecular weight excluding hydrogens is 352 g/mol. The van der Waals surface area contributed by atoms with Crippen molar-refractivity contribution in [2.45, 2.75) is 168 Å². The molecule has 0 saturated carbocycles. The second kappa shape index (κ2) is 26.0. The minimum Gasteiger partial charge on any atom is -0.396 e. The Labute approximate surface area is 185 Å². The number of aliphatic hydroxyl groups excluding tert-OH is 1. The van der Waals surface area contributed by atoms with Crippen LogP contribution in [-0.4, -0.2) is 11.7 Å². The first kappa shape index (κ1) is 29.0. The van der Waals surface area contributed by atoms with Crippen LogP contribution in [-0.2, 0) is 0 Å². The fourth-order valence-electron chi connectivity index (χ4n) is 4.52. The second-order valence-electron chi connectivity index (χ2n) is 9.70. The summed E-state index contributed by atoms with van der Waals surface area (Å²) in [5.41, 5.74) is 0. The van der Waals surface area contributed by atoms with E-state index >= 15 is 0 Å². The molecule has 0 aliphatic carbocycles. The van der Waals surface area contributed by atoms with Crippen LogP contribution in [0, 0.1) is 5.92 Å². The average molecular weight is 411 g/mol. The van der Waals surface area contributed by atoms with Crippen molar-refractivity contribution < 1.29 is 5.11 Å². The Bertz CT molecular complexity index is 275. The summed E-state index contributed by atoms with van der Waals surface area (Å²) in [6, 6.07) is 0. The molecule has 1 atom stereocenters. The van der Waals surface area contributed by atoms with Gasteiger partial charge in [0.15, 0.2) is 0 Å². The van der Waals surface area contributed by atoms with E-state index in [4.69, 9.17) is 0 Å². The lowest BCUT2D eigenvalue weighted by molar-refractivity contribution is 0.204. The molecule has 1 N–H and O–H groups in total. The minimum atomic E-state index is 0.412. The lowest BCUT2D eigenvalue weighted by Gasteiger charge is -2.13. The van der Waals surface area contributed by atoms with Crippen LogP contribution in [0.3, 0.4) is 0 Å². The summed E-state index contributed by atoms with van der Waals surface area (Å²) in [7, 11) is 0. The zero-order valence-electron chi connectivity index (χ0n) is 20.7. The molecule has 0 aliphatic rings. The molecule has 1 nitrogen and oxygen atoms in total. The molecule has 0 radical (unpaired) electrons. The highest BCUT2D eigenvalue weighted by atomic mass is 16.3. The molecule has 0 aliphatic heterocycles. The molecule has 0 aromatic rings. The van der Waals surface area contributed by atoms with Crippen molar-refractivity contribution >= 4 is 0 Å². The van der Waals surface area contributed by atoms with Crippen LogP contribution >= 0.6 is 0 Å². The third-order valence-electron chi connectivity index (χ3n) is 6.69. The predicted octanol–water partition coefficient (Wildman–Crippen LogP) is 10.00. The summed E-state index contributed by atoms with van der Waals surface area (Å²) in [6.45, 7) is 4.99. The summed E-state index contributed by atoms with van der Waals surface area (Å²) >= 11 is 0. The van der Waals surface area contributed by atoms with Gasteiger partial charge >= 0.3 is 0 Å². The molecule has 176 valence electrons. The summed E-state index contributed by atoms with van der Waals surface area (Å²) < 4.78 is 0. The smallest absolute Gasteiger partial charge is 0.0459 e. The van der Waals surface area contributed by atoms with E-state index in [1.165, 1.54) is 154 Å². The van der Waals surface area contributed by atoms with E-state index in [9.17, 15) is 5.11 Å². The third kappa shape index (κ3) is 24.1. The number of hydrogen-bond acceptors (Lipinski definition) is 1. The summed E-state index contributed by atoms with van der Waals surface area (Å²) in [4.78, 5) is 0. The molecule has 0 aromatic heterocycles. The van der Waals surface area contributed by atoms with Gasteiger partial charge in [-0.3, -0.25) is 0 Å². The Morgan fingerprint density at radius 2 is 0.621 bits per heavy atom. The van der Waals surface area contributed by atoms with Gasteiger partial charge in [-0.2, -0.15) is 0 Å². The van der Waals surface area contributed by atoms with Crippen LogP contribution in [0.5, 0.6) is 0 Å². The fraction of sp³-hybridized carbons (Fsp3) is 1.00. The number of unbranched alkanes of at least 4 members (excludes halogenated alkanes) is 20. The second-order valence-corrected chi connectivity index (χ2v) is 9.70. The quantitative estimate of drug-likeness (QED) is 0.148. The Morgan fingerprint density at radius 1 is 0.379 bits per heavy atom. The highest BCUT2D eigenvalue weighted by Gasteiger charge is 2.07. The maximum absolute atomic E-state index is 9.65. The van der Waals surface area contributed by atoms with Gasteiger partial charge in [0.2, 0.25) is 0 Å². The molecule has 0 spiro atoms. The van der Waals surface area contributed by atoms with Crippen LogP contribution in [0.25, 0.3) is 0 Å². The van der Waals surface area contributed by atoms with Gasteiger partial charge in [-0.25, -0.2) is 0 Å². The molecule has 0 bridgehead atoms. The van der Waals surface area contributed by atoms with Crippen molar-refractivity contribution in [3.8, 4) is 0 Å². The standard InChI is InChI=1S/C28H58O/c1-3-5-7-9-11-13-15-16-18-20-22-24-26-28(27-29)25-23-21-19-17-14-12-10-8-6-4-2/h28-29H,3-27H2,1-2H3/t28-/m0/s1. The first-order valence-electron chi connectivity index (χ1n) is 14.0. The zero-order valence-corrected chi connectivity index (χ0v) is 20.7. The SMILES string of the molecule is CCCCCCCCCCCCCC[C@@H](CO)CCCCCCCCCCCC. The maximum Gasteiger partial charge on any atom is 0.0459 e. The highest BCUT2D eigenvalue weighted by Crippen LogP contribution is 2.19. The normalized spacial score (nSPS) is 12.5. The van der Waals surface area contributed by atoms with Crippen LogP contribution in [0.2, 0.25) is 0 Å². The topological polar surface area (TPSA) is 20.2 Å². The number of hydrogen-bond donors (Lipinski definition) is 1. The van der Waals surface area contributed by atoms with Gasteiger partial charge in [-0.15, -0.1) is 0 Å². The molecule has 0 fully saturated rings. The van der Waals surface area contributed by atoms with E-state index in [1.807, 2.05) is 0 Å². The minimum absolute atomic E-state index is 0.412. The molecule has 0 unspecified atom stereocenters. The van der Waals surface area contributed by atoms with E-state index in [1.54, 1.807) is 0 Å². The van der Waals surface area contributed by atoms with Crippen LogP contribution in [0.15, 0.2) is 0 Å². The van der Waals surface area contributed by atoms with E-state index in [2.05, 4.69) is 13.8 Å². The van der Waals surface area contributed by atoms with Gasteiger partial charge in [0.25, 0.3) is 0 Å². The van der Waals surface area contributed by atoms with Gasteiger partial charge in [0.05, 0.1) is 0 Å². The Kier molecular flexibility index (Phi) is 26.0. The van der Waals surface area contributed by atoms with Crippen molar-refractivity contribution in [3.63, 3.8) is 0 Å². The molecule has 0 heterocycles. The Morgan fingerprint density at radius 3 is 0.862 bits per heavy atom. The summed E-state index contributed by atoms with van der Waals surface area (Å²) in [5, 5.41) is 9.65. The summed E-state index contributed by atoms with van der Waals surface area (Å²) in [5.74, 6) is 0.576. The monoisotopic (exact) mass is 410 g/mol. The van der Waals surface area contributed by atoms with E-state index in [-0.39, 0.29) is 0 Å². The molecule has 0 aromatic carbocycles. The maximum atomic E-state index is 9.65. The van der Waals surface area contributed by atoms with Gasteiger partial charge in [-0.1, -0.05) is 155 Å². The van der Waals surface area contributed by atoms with E-state index in [0.29, 0.717) is 12.5 Å². The van der Waals surface area contributed by atoms with Crippen LogP contribution < -0.4 is 0 Å². The predicted molar refractivity (Wildman–Crippen MR) is 133 cm³/mol. The van der Waals surface area contributed by atoms with Gasteiger partial charge < -0.3 is 5.11 Å². The lowest BCUT2D eigenvalue weighted by Crippen LogP contribution is -2.06. The van der Waals surface area contributed by atoms with E-state index < -0.39 is 0 Å². The molecule has 0 saturated heterocycles. The lowest BCUT2D eigenvalue weighted by atomic mass is 9.94. The van der Waals surface area contributed by atoms with Gasteiger partial charge in [0.1, 0.15) is 0 Å². The Balaban J connectivity index is 3.27. The molecule has 0 amide bonds. The highest BCUT2D eigenvalue weighted by molar-refractivity contribution is 4.60. The Hall–Kier alpha value is -0.0400. The summed E-state index contributed by atoms with van der Waals surface area (Å²) in [6.07, 6.45) is 33.6. The first-order valence-corrected chi connectivity index (χ1v) is 14.0. The van der Waals surface area contributed by atoms with Crippen LogP contribution in [0.4, 0.5) is 0 Å². The molecular formula is C28H58O. The number of aliphatic hydroxyl groups is 1. The fourth-order valence-corrected chi connectivity index (χ4v) is 4.52. The largest absolute Gasteiger partial charge is 0.396 e. The van der Waals surface area contributed by atoms with Crippen molar-refractivity contribution in [3.05, 3.63) is 0 Å². The van der Waals surface area contributed by atoms with Gasteiger partial charge in [-0.05, 0) is 18.8 Å². The molecule has 1 heteroatoms. The number of rotatable bonds is 25. The molecule has 29 heavy (non-hydrogen) atoms. The molecule has 0 rings (SSSR count). The third-order valence-corrected chi connectivity index (χ3v) is 6.69. The van der Waals surface area contributed by atoms with Crippen molar-refractivity contribution in [2.24, 2.45) is 5.92 Å². The van der Waals surface area contributed by atoms with Crippen molar-refractivity contribution in [2.75, 3.05) is 6.61 Å². The van der Waals surface area contributed by atoms with Crippen LogP contribution in [0.1, 0.15) is 168 Å². The van der Waals surface area contributed by atoms with Gasteiger partial charge in [0, 0.05) is 6.61 Å². The van der Waals surface area contributed by atoms with Crippen molar-refractivity contribution in [1.82, 2.24) is 0 Å².